The number of aryl methyl sites for hydroxylation is 1. The van der Waals surface area contributed by atoms with Gasteiger partial charge < -0.3 is 5.32 Å². The van der Waals surface area contributed by atoms with Gasteiger partial charge in [-0.2, -0.15) is 5.10 Å². The van der Waals surface area contributed by atoms with Crippen molar-refractivity contribution in [1.29, 1.82) is 0 Å². The summed E-state index contributed by atoms with van der Waals surface area (Å²) in [6, 6.07) is 15.3. The number of aromatic nitrogens is 3. The van der Waals surface area contributed by atoms with Crippen LogP contribution in [0.2, 0.25) is 0 Å². The maximum absolute atomic E-state index is 12.2. The molecule has 0 bridgehead atoms. The largest absolute Gasteiger partial charge is 0.322 e. The first-order valence-corrected chi connectivity index (χ1v) is 7.01. The molecule has 0 radical (unpaired) electrons. The van der Waals surface area contributed by atoms with E-state index >= 15 is 0 Å². The first kappa shape index (κ1) is 14.0. The van der Waals surface area contributed by atoms with E-state index in [1.54, 1.807) is 11.0 Å². The molecule has 1 N–H and O–H groups in total. The highest BCUT2D eigenvalue weighted by Crippen LogP contribution is 2.14. The van der Waals surface area contributed by atoms with Crippen molar-refractivity contribution < 1.29 is 4.79 Å². The first-order chi connectivity index (χ1) is 10.7. The summed E-state index contributed by atoms with van der Waals surface area (Å²) in [5.74, 6) is -0.0953. The number of hydrogen-bond acceptors (Lipinski definition) is 3. The van der Waals surface area contributed by atoms with Gasteiger partial charge in [-0.1, -0.05) is 30.3 Å². The molecule has 0 fully saturated rings. The van der Waals surface area contributed by atoms with Crippen molar-refractivity contribution in [2.24, 2.45) is 0 Å². The predicted octanol–water partition coefficient (Wildman–Crippen LogP) is 2.89. The highest BCUT2D eigenvalue weighted by Gasteiger charge is 2.08. The van der Waals surface area contributed by atoms with Crippen molar-refractivity contribution in [3.05, 3.63) is 77.9 Å². The zero-order valence-electron chi connectivity index (χ0n) is 12.2. The molecule has 0 atom stereocenters. The second-order valence-corrected chi connectivity index (χ2v) is 5.06. The second-order valence-electron chi connectivity index (χ2n) is 5.06. The van der Waals surface area contributed by atoms with Crippen LogP contribution in [0.5, 0.6) is 0 Å². The van der Waals surface area contributed by atoms with E-state index in [0.717, 1.165) is 16.8 Å². The van der Waals surface area contributed by atoms with E-state index in [4.69, 9.17) is 0 Å². The third kappa shape index (κ3) is 3.20. The van der Waals surface area contributed by atoms with Crippen LogP contribution in [0, 0.1) is 6.92 Å². The van der Waals surface area contributed by atoms with Crippen molar-refractivity contribution >= 4 is 11.6 Å². The van der Waals surface area contributed by atoms with Crippen LogP contribution in [-0.2, 0) is 6.54 Å². The molecule has 0 saturated carbocycles. The molecule has 2 aromatic carbocycles. The summed E-state index contributed by atoms with van der Waals surface area (Å²) < 4.78 is 1.75. The molecule has 0 aliphatic heterocycles. The van der Waals surface area contributed by atoms with Gasteiger partial charge in [-0.3, -0.25) is 4.79 Å². The molecular weight excluding hydrogens is 276 g/mol. The number of carbonyl (C=O) groups is 1. The average Bonchev–Trinajstić information content (AvgIpc) is 3.02. The van der Waals surface area contributed by atoms with Crippen LogP contribution in [0.1, 0.15) is 21.5 Å². The van der Waals surface area contributed by atoms with Crippen LogP contribution >= 0.6 is 0 Å². The molecule has 0 aliphatic carbocycles. The van der Waals surface area contributed by atoms with Gasteiger partial charge in [0.25, 0.3) is 5.91 Å². The number of rotatable bonds is 4. The molecule has 3 aromatic rings. The van der Waals surface area contributed by atoms with Crippen molar-refractivity contribution in [2.75, 3.05) is 5.32 Å². The lowest BCUT2D eigenvalue weighted by atomic mass is 10.1. The summed E-state index contributed by atoms with van der Waals surface area (Å²) in [5.41, 5.74) is 3.52. The van der Waals surface area contributed by atoms with E-state index < -0.39 is 0 Å². The SMILES string of the molecule is Cc1ccccc1C(=O)Nc1ccc(Cn2cncn2)cc1. The van der Waals surface area contributed by atoms with Crippen molar-refractivity contribution in [2.45, 2.75) is 13.5 Å². The lowest BCUT2D eigenvalue weighted by molar-refractivity contribution is 0.102. The van der Waals surface area contributed by atoms with Gasteiger partial charge in [0, 0.05) is 11.3 Å². The van der Waals surface area contributed by atoms with Crippen LogP contribution in [0.3, 0.4) is 0 Å². The Kier molecular flexibility index (Phi) is 3.96. The van der Waals surface area contributed by atoms with E-state index in [-0.39, 0.29) is 5.91 Å². The summed E-state index contributed by atoms with van der Waals surface area (Å²) in [6.07, 6.45) is 3.19. The minimum absolute atomic E-state index is 0.0953. The van der Waals surface area contributed by atoms with Gasteiger partial charge in [0.1, 0.15) is 12.7 Å². The minimum atomic E-state index is -0.0953. The van der Waals surface area contributed by atoms with Gasteiger partial charge in [-0.15, -0.1) is 0 Å². The molecule has 110 valence electrons. The molecule has 1 amide bonds. The lowest BCUT2D eigenvalue weighted by Crippen LogP contribution is -2.13. The van der Waals surface area contributed by atoms with Gasteiger partial charge in [-0.25, -0.2) is 9.67 Å². The van der Waals surface area contributed by atoms with Crippen molar-refractivity contribution in [3.8, 4) is 0 Å². The molecule has 0 spiro atoms. The summed E-state index contributed by atoms with van der Waals surface area (Å²) in [6.45, 7) is 2.59. The zero-order valence-corrected chi connectivity index (χ0v) is 12.2. The van der Waals surface area contributed by atoms with Crippen LogP contribution in [-0.4, -0.2) is 20.7 Å². The van der Waals surface area contributed by atoms with Gasteiger partial charge in [-0.05, 0) is 36.2 Å². The molecule has 5 nitrogen and oxygen atoms in total. The highest BCUT2D eigenvalue weighted by molar-refractivity contribution is 6.05. The topological polar surface area (TPSA) is 59.8 Å². The fourth-order valence-electron chi connectivity index (χ4n) is 2.22. The zero-order chi connectivity index (χ0) is 15.4. The molecule has 3 rings (SSSR count). The fraction of sp³-hybridized carbons (Fsp3) is 0.118. The smallest absolute Gasteiger partial charge is 0.255 e. The van der Waals surface area contributed by atoms with Gasteiger partial charge in [0.2, 0.25) is 0 Å². The Hall–Kier alpha value is -2.95. The van der Waals surface area contributed by atoms with Crippen LogP contribution in [0.4, 0.5) is 5.69 Å². The Bertz CT molecular complexity index is 764. The average molecular weight is 292 g/mol. The van der Waals surface area contributed by atoms with E-state index in [1.807, 2.05) is 55.5 Å². The van der Waals surface area contributed by atoms with Crippen molar-refractivity contribution in [3.63, 3.8) is 0 Å². The highest BCUT2D eigenvalue weighted by atomic mass is 16.1. The molecule has 22 heavy (non-hydrogen) atoms. The summed E-state index contributed by atoms with van der Waals surface area (Å²) in [5, 5.41) is 6.98. The van der Waals surface area contributed by atoms with Crippen LogP contribution in [0.25, 0.3) is 0 Å². The number of hydrogen-bond donors (Lipinski definition) is 1. The number of benzene rings is 2. The summed E-state index contributed by atoms with van der Waals surface area (Å²) in [7, 11) is 0. The number of anilines is 1. The van der Waals surface area contributed by atoms with Gasteiger partial charge in [0.15, 0.2) is 0 Å². The van der Waals surface area contributed by atoms with Crippen LogP contribution in [0.15, 0.2) is 61.2 Å². The fourth-order valence-corrected chi connectivity index (χ4v) is 2.22. The summed E-state index contributed by atoms with van der Waals surface area (Å²) in [4.78, 5) is 16.2. The number of nitrogens with one attached hydrogen (secondary N) is 1. The number of amides is 1. The lowest BCUT2D eigenvalue weighted by Gasteiger charge is -2.08. The molecular formula is C17H16N4O. The maximum atomic E-state index is 12.2. The van der Waals surface area contributed by atoms with E-state index in [2.05, 4.69) is 15.4 Å². The van der Waals surface area contributed by atoms with Crippen molar-refractivity contribution in [1.82, 2.24) is 14.8 Å². The molecule has 1 heterocycles. The third-order valence-corrected chi connectivity index (χ3v) is 3.41. The molecule has 0 saturated heterocycles. The molecule has 5 heteroatoms. The second kappa shape index (κ2) is 6.22. The number of nitrogens with zero attached hydrogens (tertiary/aromatic N) is 3. The van der Waals surface area contributed by atoms with E-state index in [9.17, 15) is 4.79 Å². The Morgan fingerprint density at radius 1 is 1.14 bits per heavy atom. The Morgan fingerprint density at radius 2 is 1.91 bits per heavy atom. The standard InChI is InChI=1S/C17H16N4O/c1-13-4-2-3-5-16(13)17(22)20-15-8-6-14(7-9-15)10-21-12-18-11-19-21/h2-9,11-12H,10H2,1H3,(H,20,22). The Balaban J connectivity index is 1.68. The predicted molar refractivity (Wildman–Crippen MR) is 84.7 cm³/mol. The monoisotopic (exact) mass is 292 g/mol. The molecule has 1 aromatic heterocycles. The minimum Gasteiger partial charge on any atom is -0.322 e. The van der Waals surface area contributed by atoms with E-state index in [1.165, 1.54) is 6.33 Å². The van der Waals surface area contributed by atoms with E-state index in [0.29, 0.717) is 12.1 Å². The van der Waals surface area contributed by atoms with Gasteiger partial charge in [0.05, 0.1) is 6.54 Å². The molecule has 0 unspecified atom stereocenters. The quantitative estimate of drug-likeness (QED) is 0.804. The number of carbonyl (C=O) groups excluding carboxylic acids is 1. The Morgan fingerprint density at radius 3 is 2.59 bits per heavy atom. The normalized spacial score (nSPS) is 10.4. The maximum Gasteiger partial charge on any atom is 0.255 e. The third-order valence-electron chi connectivity index (χ3n) is 3.41. The summed E-state index contributed by atoms with van der Waals surface area (Å²) >= 11 is 0. The Labute approximate surface area is 128 Å². The first-order valence-electron chi connectivity index (χ1n) is 7.01. The van der Waals surface area contributed by atoms with Gasteiger partial charge >= 0.3 is 0 Å². The molecule has 0 aliphatic rings. The van der Waals surface area contributed by atoms with Crippen LogP contribution < -0.4 is 5.32 Å².